The third kappa shape index (κ3) is 3.11. The van der Waals surface area contributed by atoms with Gasteiger partial charge in [-0.2, -0.15) is 5.26 Å². The largest absolute Gasteiger partial charge is 0.497 e. The highest BCUT2D eigenvalue weighted by Crippen LogP contribution is 2.30. The molecule has 2 rings (SSSR count). The van der Waals surface area contributed by atoms with Crippen molar-refractivity contribution in [2.24, 2.45) is 4.99 Å². The van der Waals surface area contributed by atoms with Gasteiger partial charge in [-0.1, -0.05) is 24.0 Å². The molecule has 4 nitrogen and oxygen atoms in total. The van der Waals surface area contributed by atoms with Crippen molar-refractivity contribution < 1.29 is 4.74 Å². The third-order valence-corrected chi connectivity index (χ3v) is 4.17. The first-order valence-electron chi connectivity index (χ1n) is 6.25. The van der Waals surface area contributed by atoms with E-state index in [4.69, 9.17) is 22.2 Å². The average Bonchev–Trinajstić information content (AvgIpc) is 2.59. The Kier molecular flexibility index (Phi) is 4.99. The van der Waals surface area contributed by atoms with Crippen molar-refractivity contribution in [1.29, 1.82) is 5.26 Å². The fourth-order valence-electron chi connectivity index (χ4n) is 1.99. The van der Waals surface area contributed by atoms with Crippen molar-refractivity contribution in [1.82, 2.24) is 4.90 Å². The molecular formula is C14H15N3OS2. The van der Waals surface area contributed by atoms with Crippen LogP contribution in [0.4, 0.5) is 5.69 Å². The molecular weight excluding hydrogens is 290 g/mol. The number of thiocarbonyl (C=S) groups is 1. The molecule has 0 atom stereocenters. The maximum Gasteiger partial charge on any atom is 0.170 e. The number of methoxy groups -OCH3 is 1. The first-order chi connectivity index (χ1) is 9.69. The number of benzene rings is 1. The number of rotatable bonds is 3. The van der Waals surface area contributed by atoms with E-state index in [2.05, 4.69) is 11.1 Å². The predicted molar refractivity (Wildman–Crippen MR) is 86.8 cm³/mol. The lowest BCUT2D eigenvalue weighted by Crippen LogP contribution is -2.34. The molecule has 0 unspecified atom stereocenters. The average molecular weight is 305 g/mol. The molecule has 1 aromatic carbocycles. The Morgan fingerprint density at radius 1 is 1.55 bits per heavy atom. The number of hydrogen-bond acceptors (Lipinski definition) is 5. The Balaban J connectivity index is 2.43. The van der Waals surface area contributed by atoms with Gasteiger partial charge in [0, 0.05) is 13.0 Å². The monoisotopic (exact) mass is 305 g/mol. The lowest BCUT2D eigenvalue weighted by molar-refractivity contribution is 0.414. The van der Waals surface area contributed by atoms with Crippen LogP contribution in [0.5, 0.6) is 5.75 Å². The van der Waals surface area contributed by atoms with Gasteiger partial charge in [0.2, 0.25) is 0 Å². The minimum atomic E-state index is 0.365. The van der Waals surface area contributed by atoms with Gasteiger partial charge in [-0.15, -0.1) is 0 Å². The zero-order chi connectivity index (χ0) is 14.5. The smallest absolute Gasteiger partial charge is 0.170 e. The van der Waals surface area contributed by atoms with Crippen molar-refractivity contribution >= 4 is 39.8 Å². The maximum atomic E-state index is 8.76. The Labute approximate surface area is 128 Å². The molecule has 0 aliphatic carbocycles. The van der Waals surface area contributed by atoms with Crippen LogP contribution in [0.3, 0.4) is 0 Å². The van der Waals surface area contributed by atoms with Crippen molar-refractivity contribution in [3.63, 3.8) is 0 Å². The fraction of sp³-hybridized carbons (Fsp3) is 0.357. The first-order valence-corrected chi connectivity index (χ1v) is 7.64. The number of likely N-dealkylation sites (N-methyl/N-ethyl adjacent to an activating group) is 1. The second kappa shape index (κ2) is 6.73. The van der Waals surface area contributed by atoms with Crippen LogP contribution in [0.1, 0.15) is 12.5 Å². The van der Waals surface area contributed by atoms with Gasteiger partial charge in [0.1, 0.15) is 5.75 Å². The quantitative estimate of drug-likeness (QED) is 0.803. The second-order valence-electron chi connectivity index (χ2n) is 4.15. The summed E-state index contributed by atoms with van der Waals surface area (Å²) < 4.78 is 5.25. The van der Waals surface area contributed by atoms with E-state index in [0.717, 1.165) is 33.7 Å². The van der Waals surface area contributed by atoms with Gasteiger partial charge in [-0.3, -0.25) is 0 Å². The van der Waals surface area contributed by atoms with Crippen LogP contribution in [0, 0.1) is 11.3 Å². The number of thioether (sulfide) groups is 1. The van der Waals surface area contributed by atoms with Crippen LogP contribution < -0.4 is 4.74 Å². The number of hydrogen-bond donors (Lipinski definition) is 0. The zero-order valence-corrected chi connectivity index (χ0v) is 13.1. The van der Waals surface area contributed by atoms with Gasteiger partial charge < -0.3 is 9.64 Å². The summed E-state index contributed by atoms with van der Waals surface area (Å²) >= 11 is 6.92. The summed E-state index contributed by atoms with van der Waals surface area (Å²) in [4.78, 5) is 7.48. The number of nitrogens with zero attached hydrogens (tertiary/aromatic N) is 3. The molecule has 0 bridgehead atoms. The Morgan fingerprint density at radius 3 is 3.00 bits per heavy atom. The molecule has 104 valence electrons. The Morgan fingerprint density at radius 2 is 2.35 bits per heavy atom. The number of ether oxygens (including phenoxy) is 1. The van der Waals surface area contributed by atoms with Gasteiger partial charge in [0.25, 0.3) is 0 Å². The van der Waals surface area contributed by atoms with Crippen LogP contribution >= 0.6 is 24.0 Å². The molecule has 0 saturated heterocycles. The fourth-order valence-corrected chi connectivity index (χ4v) is 3.17. The summed E-state index contributed by atoms with van der Waals surface area (Å²) in [5, 5.41) is 9.56. The SMILES string of the molecule is CCN1C(=S)Cc2cc(OC)ccc2N=C1SCC#N. The highest BCUT2D eigenvalue weighted by atomic mass is 32.2. The molecule has 0 radical (unpaired) electrons. The van der Waals surface area contributed by atoms with Gasteiger partial charge in [-0.25, -0.2) is 4.99 Å². The van der Waals surface area contributed by atoms with Crippen LogP contribution in [-0.4, -0.2) is 34.5 Å². The van der Waals surface area contributed by atoms with E-state index in [1.54, 1.807) is 7.11 Å². The molecule has 1 aliphatic heterocycles. The van der Waals surface area contributed by atoms with Crippen molar-refractivity contribution in [2.75, 3.05) is 19.4 Å². The lowest BCUT2D eigenvalue weighted by Gasteiger charge is -2.22. The van der Waals surface area contributed by atoms with Crippen molar-refractivity contribution in [3.8, 4) is 11.8 Å². The van der Waals surface area contributed by atoms with E-state index in [1.807, 2.05) is 30.0 Å². The molecule has 0 aromatic heterocycles. The van der Waals surface area contributed by atoms with E-state index in [1.165, 1.54) is 11.8 Å². The first kappa shape index (κ1) is 14.8. The zero-order valence-electron chi connectivity index (χ0n) is 11.4. The van der Waals surface area contributed by atoms with Crippen LogP contribution in [0.2, 0.25) is 0 Å². The number of aliphatic imine (C=N–C) groups is 1. The summed E-state index contributed by atoms with van der Waals surface area (Å²) in [6, 6.07) is 7.92. The second-order valence-corrected chi connectivity index (χ2v) is 5.56. The van der Waals surface area contributed by atoms with E-state index in [-0.39, 0.29) is 0 Å². The Bertz CT molecular complexity index is 593. The van der Waals surface area contributed by atoms with E-state index in [0.29, 0.717) is 12.2 Å². The topological polar surface area (TPSA) is 48.6 Å². The number of amidine groups is 1. The van der Waals surface area contributed by atoms with Crippen molar-refractivity contribution in [2.45, 2.75) is 13.3 Å². The summed E-state index contributed by atoms with van der Waals surface area (Å²) in [5.41, 5.74) is 1.95. The molecule has 0 N–H and O–H groups in total. The summed E-state index contributed by atoms with van der Waals surface area (Å²) in [6.07, 6.45) is 0.663. The summed E-state index contributed by atoms with van der Waals surface area (Å²) in [5.74, 6) is 1.17. The van der Waals surface area contributed by atoms with Crippen molar-refractivity contribution in [3.05, 3.63) is 23.8 Å². The molecule has 1 aromatic rings. The lowest BCUT2D eigenvalue weighted by atomic mass is 10.1. The van der Waals surface area contributed by atoms with Crippen LogP contribution in [0.15, 0.2) is 23.2 Å². The van der Waals surface area contributed by atoms with Gasteiger partial charge in [0.15, 0.2) is 5.17 Å². The van der Waals surface area contributed by atoms with Gasteiger partial charge >= 0.3 is 0 Å². The summed E-state index contributed by atoms with van der Waals surface area (Å²) in [7, 11) is 1.65. The summed E-state index contributed by atoms with van der Waals surface area (Å²) in [6.45, 7) is 2.78. The minimum Gasteiger partial charge on any atom is -0.497 e. The van der Waals surface area contributed by atoms with Gasteiger partial charge in [-0.05, 0) is 30.7 Å². The highest BCUT2D eigenvalue weighted by Gasteiger charge is 2.21. The predicted octanol–water partition coefficient (Wildman–Crippen LogP) is 3.14. The molecule has 1 heterocycles. The highest BCUT2D eigenvalue weighted by molar-refractivity contribution is 8.14. The third-order valence-electron chi connectivity index (χ3n) is 2.96. The molecule has 6 heteroatoms. The molecule has 20 heavy (non-hydrogen) atoms. The number of fused-ring (bicyclic) bond motifs is 1. The maximum absolute atomic E-state index is 8.76. The standard InChI is InChI=1S/C14H15N3OS2/c1-3-17-13(19)9-10-8-11(18-2)4-5-12(10)16-14(17)20-7-6-15/h4-5,8H,3,7,9H2,1-2H3. The molecule has 0 saturated carbocycles. The molecule has 0 fully saturated rings. The molecule has 0 amide bonds. The van der Waals surface area contributed by atoms with Gasteiger partial charge in [0.05, 0.1) is 29.6 Å². The minimum absolute atomic E-state index is 0.365. The normalized spacial score (nSPS) is 14.2. The van der Waals surface area contributed by atoms with Crippen LogP contribution in [-0.2, 0) is 6.42 Å². The van der Waals surface area contributed by atoms with E-state index < -0.39 is 0 Å². The van der Waals surface area contributed by atoms with E-state index >= 15 is 0 Å². The molecule has 0 spiro atoms. The molecule has 1 aliphatic rings. The van der Waals surface area contributed by atoms with E-state index in [9.17, 15) is 0 Å². The Hall–Kier alpha value is -1.58. The van der Waals surface area contributed by atoms with Crippen LogP contribution in [0.25, 0.3) is 0 Å². The number of nitriles is 1.